The highest BCUT2D eigenvalue weighted by atomic mass is 16.6. The third-order valence-electron chi connectivity index (χ3n) is 4.23. The summed E-state index contributed by atoms with van der Waals surface area (Å²) in [6.07, 6.45) is 1.95. The molecule has 0 saturated heterocycles. The lowest BCUT2D eigenvalue weighted by atomic mass is 10.0. The smallest absolute Gasteiger partial charge is 0.271 e. The second-order valence-corrected chi connectivity index (χ2v) is 5.81. The predicted octanol–water partition coefficient (Wildman–Crippen LogP) is 3.36. The zero-order valence-electron chi connectivity index (χ0n) is 14.6. The Labute approximate surface area is 149 Å². The van der Waals surface area contributed by atoms with Crippen LogP contribution in [0.5, 0.6) is 5.88 Å². The van der Waals surface area contributed by atoms with Crippen molar-refractivity contribution in [1.82, 2.24) is 4.57 Å². The van der Waals surface area contributed by atoms with E-state index >= 15 is 0 Å². The second-order valence-electron chi connectivity index (χ2n) is 5.81. The highest BCUT2D eigenvalue weighted by Gasteiger charge is 2.20. The van der Waals surface area contributed by atoms with Crippen LogP contribution in [0.4, 0.5) is 11.4 Å². The Bertz CT molecular complexity index is 969. The van der Waals surface area contributed by atoms with Gasteiger partial charge in [0.25, 0.3) is 11.2 Å². The summed E-state index contributed by atoms with van der Waals surface area (Å²) >= 11 is 0. The van der Waals surface area contributed by atoms with E-state index in [-0.39, 0.29) is 28.7 Å². The molecule has 0 aliphatic carbocycles. The van der Waals surface area contributed by atoms with Crippen molar-refractivity contribution in [2.24, 2.45) is 4.99 Å². The Balaban J connectivity index is 2.57. The van der Waals surface area contributed by atoms with Gasteiger partial charge in [0.15, 0.2) is 0 Å². The van der Waals surface area contributed by atoms with Crippen molar-refractivity contribution in [2.75, 3.05) is 0 Å². The third-order valence-corrected chi connectivity index (χ3v) is 4.23. The number of aromatic hydroxyl groups is 1. The third kappa shape index (κ3) is 3.47. The highest BCUT2D eigenvalue weighted by molar-refractivity contribution is 5.87. The molecule has 2 aromatic rings. The molecule has 134 valence electrons. The maximum Gasteiger partial charge on any atom is 0.271 e. The van der Waals surface area contributed by atoms with Gasteiger partial charge < -0.3 is 5.11 Å². The van der Waals surface area contributed by atoms with E-state index in [1.165, 1.54) is 35.0 Å². The largest absolute Gasteiger partial charge is 0.494 e. The van der Waals surface area contributed by atoms with Crippen LogP contribution in [0, 0.1) is 28.4 Å². The molecule has 2 rings (SSSR count). The number of aliphatic imine (C=N–C) groups is 1. The molecule has 0 bridgehead atoms. The standard InChI is InChI=1S/C18H18N4O4/c1-4-11(2)21-17(23)15(9-19)12(3)16(18(21)24)10-20-13-5-7-14(8-6-13)22(25)26/h5-8,10-11,24H,4H2,1-3H3. The average molecular weight is 354 g/mol. The Hall–Kier alpha value is -3.47. The first-order valence-corrected chi connectivity index (χ1v) is 7.98. The summed E-state index contributed by atoms with van der Waals surface area (Å²) in [6.45, 7) is 5.21. The van der Waals surface area contributed by atoms with E-state index in [0.29, 0.717) is 17.7 Å². The van der Waals surface area contributed by atoms with E-state index in [2.05, 4.69) is 4.99 Å². The number of aromatic nitrogens is 1. The van der Waals surface area contributed by atoms with Crippen LogP contribution in [0.15, 0.2) is 34.1 Å². The van der Waals surface area contributed by atoms with Crippen LogP contribution in [-0.4, -0.2) is 20.8 Å². The van der Waals surface area contributed by atoms with E-state index in [1.807, 2.05) is 13.0 Å². The number of rotatable bonds is 5. The van der Waals surface area contributed by atoms with Crippen molar-refractivity contribution in [1.29, 1.82) is 5.26 Å². The molecule has 1 aromatic carbocycles. The van der Waals surface area contributed by atoms with Gasteiger partial charge in [-0.25, -0.2) is 0 Å². The van der Waals surface area contributed by atoms with Gasteiger partial charge in [0.05, 0.1) is 16.2 Å². The number of nitrogens with zero attached hydrogens (tertiary/aromatic N) is 4. The van der Waals surface area contributed by atoms with Crippen molar-refractivity contribution in [2.45, 2.75) is 33.2 Å². The van der Waals surface area contributed by atoms with Crippen LogP contribution < -0.4 is 5.56 Å². The molecule has 0 spiro atoms. The molecular formula is C18H18N4O4. The monoisotopic (exact) mass is 354 g/mol. The summed E-state index contributed by atoms with van der Waals surface area (Å²) in [5.41, 5.74) is 0.395. The van der Waals surface area contributed by atoms with Gasteiger partial charge >= 0.3 is 0 Å². The average Bonchev–Trinajstić information content (AvgIpc) is 2.62. The lowest BCUT2D eigenvalue weighted by Gasteiger charge is -2.18. The van der Waals surface area contributed by atoms with E-state index in [9.17, 15) is 25.3 Å². The van der Waals surface area contributed by atoms with E-state index in [0.717, 1.165) is 0 Å². The van der Waals surface area contributed by atoms with Crippen molar-refractivity contribution in [3.05, 3.63) is 61.4 Å². The quantitative estimate of drug-likeness (QED) is 0.501. The van der Waals surface area contributed by atoms with Crippen LogP contribution in [0.3, 0.4) is 0 Å². The second kappa shape index (κ2) is 7.61. The number of non-ortho nitro benzene ring substituents is 1. The molecule has 0 fully saturated rings. The summed E-state index contributed by atoms with van der Waals surface area (Å²) in [7, 11) is 0. The molecule has 8 nitrogen and oxygen atoms in total. The van der Waals surface area contributed by atoms with Gasteiger partial charge in [0, 0.05) is 24.4 Å². The molecule has 8 heteroatoms. The lowest BCUT2D eigenvalue weighted by molar-refractivity contribution is -0.384. The maximum atomic E-state index is 12.4. The SMILES string of the molecule is CCC(C)n1c(O)c(C=Nc2ccc([N+](=O)[O-])cc2)c(C)c(C#N)c1=O. The first kappa shape index (κ1) is 18.9. The fraction of sp³-hybridized carbons (Fsp3) is 0.278. The van der Waals surface area contributed by atoms with Crippen LogP contribution in [0.2, 0.25) is 0 Å². The summed E-state index contributed by atoms with van der Waals surface area (Å²) in [6, 6.07) is 7.18. The Morgan fingerprint density at radius 2 is 2.04 bits per heavy atom. The number of nitro groups is 1. The van der Waals surface area contributed by atoms with Gasteiger partial charge in [-0.2, -0.15) is 5.26 Å². The molecule has 1 aromatic heterocycles. The normalized spacial score (nSPS) is 12.1. The first-order valence-electron chi connectivity index (χ1n) is 7.98. The van der Waals surface area contributed by atoms with Crippen LogP contribution >= 0.6 is 0 Å². The summed E-state index contributed by atoms with van der Waals surface area (Å²) in [5.74, 6) is -0.258. The lowest BCUT2D eigenvalue weighted by Crippen LogP contribution is -2.27. The van der Waals surface area contributed by atoms with Gasteiger partial charge in [0.2, 0.25) is 5.88 Å². The molecule has 0 radical (unpaired) electrons. The topological polar surface area (TPSA) is 122 Å². The summed E-state index contributed by atoms with van der Waals surface area (Å²) in [5, 5.41) is 30.5. The molecule has 26 heavy (non-hydrogen) atoms. The van der Waals surface area contributed by atoms with E-state index < -0.39 is 10.5 Å². The molecule has 1 atom stereocenters. The van der Waals surface area contributed by atoms with Crippen LogP contribution in [-0.2, 0) is 0 Å². The minimum atomic E-state index is -0.538. The zero-order valence-corrected chi connectivity index (χ0v) is 14.6. The number of hydrogen-bond donors (Lipinski definition) is 1. The van der Waals surface area contributed by atoms with Gasteiger partial charge in [0.1, 0.15) is 11.6 Å². The van der Waals surface area contributed by atoms with Crippen molar-refractivity contribution >= 4 is 17.6 Å². The molecular weight excluding hydrogens is 336 g/mol. The number of pyridine rings is 1. The Morgan fingerprint density at radius 3 is 2.54 bits per heavy atom. The van der Waals surface area contributed by atoms with E-state index in [1.54, 1.807) is 13.8 Å². The maximum absolute atomic E-state index is 12.4. The molecule has 0 aliphatic rings. The number of nitriles is 1. The van der Waals surface area contributed by atoms with E-state index in [4.69, 9.17) is 0 Å². The van der Waals surface area contributed by atoms with Crippen molar-refractivity contribution < 1.29 is 10.0 Å². The Kier molecular flexibility index (Phi) is 5.52. The van der Waals surface area contributed by atoms with Gasteiger partial charge in [-0.05, 0) is 38.0 Å². The summed E-state index contributed by atoms with van der Waals surface area (Å²) in [4.78, 5) is 26.8. The predicted molar refractivity (Wildman–Crippen MR) is 97.2 cm³/mol. The molecule has 0 amide bonds. The zero-order chi connectivity index (χ0) is 19.4. The van der Waals surface area contributed by atoms with Crippen molar-refractivity contribution in [3.63, 3.8) is 0 Å². The fourth-order valence-corrected chi connectivity index (χ4v) is 2.49. The van der Waals surface area contributed by atoms with Gasteiger partial charge in [-0.3, -0.25) is 24.5 Å². The Morgan fingerprint density at radius 1 is 1.42 bits per heavy atom. The molecule has 1 unspecified atom stereocenters. The molecule has 0 aliphatic heterocycles. The van der Waals surface area contributed by atoms with Gasteiger partial charge in [-0.15, -0.1) is 0 Å². The van der Waals surface area contributed by atoms with Gasteiger partial charge in [-0.1, -0.05) is 6.92 Å². The van der Waals surface area contributed by atoms with Crippen LogP contribution in [0.1, 0.15) is 43.0 Å². The summed E-state index contributed by atoms with van der Waals surface area (Å²) < 4.78 is 1.18. The molecule has 1 heterocycles. The highest BCUT2D eigenvalue weighted by Crippen LogP contribution is 2.25. The van der Waals surface area contributed by atoms with Crippen LogP contribution in [0.25, 0.3) is 0 Å². The number of nitro benzene ring substituents is 1. The fourth-order valence-electron chi connectivity index (χ4n) is 2.49. The number of benzene rings is 1. The molecule has 1 N–H and O–H groups in total. The minimum absolute atomic E-state index is 0.0479. The van der Waals surface area contributed by atoms with Crippen molar-refractivity contribution in [3.8, 4) is 11.9 Å². The first-order chi connectivity index (χ1) is 12.3. The number of hydrogen-bond acceptors (Lipinski definition) is 6. The molecule has 0 saturated carbocycles. The minimum Gasteiger partial charge on any atom is -0.494 e.